The van der Waals surface area contributed by atoms with Crippen LogP contribution in [0.3, 0.4) is 0 Å². The van der Waals surface area contributed by atoms with Crippen LogP contribution in [0.2, 0.25) is 0 Å². The third-order valence-corrected chi connectivity index (χ3v) is 3.64. The lowest BCUT2D eigenvalue weighted by atomic mass is 9.98. The second kappa shape index (κ2) is 4.63. The van der Waals surface area contributed by atoms with Gasteiger partial charge in [-0.2, -0.15) is 5.26 Å². The molecule has 1 saturated heterocycles. The van der Waals surface area contributed by atoms with E-state index in [9.17, 15) is 9.90 Å². The number of likely N-dealkylation sites (tertiary alicyclic amines) is 1. The van der Waals surface area contributed by atoms with Crippen LogP contribution < -0.4 is 5.32 Å². The number of amides is 1. The van der Waals surface area contributed by atoms with E-state index in [4.69, 9.17) is 5.26 Å². The van der Waals surface area contributed by atoms with Crippen LogP contribution >= 0.6 is 0 Å². The molecule has 0 bridgehead atoms. The summed E-state index contributed by atoms with van der Waals surface area (Å²) in [6.45, 7) is 3.38. The van der Waals surface area contributed by atoms with E-state index in [0.29, 0.717) is 12.5 Å². The standard InChI is InChI=1S/C12H19N3O2/c1-12(8-13,9-2-3-9)14-11(17)7-15-5-4-10(16)6-15/h9-10,16H,2-7H2,1H3,(H,14,17)/t10-,12?/m0/s1. The Labute approximate surface area is 101 Å². The number of aliphatic hydroxyl groups excluding tert-OH is 1. The van der Waals surface area contributed by atoms with Gasteiger partial charge in [0.05, 0.1) is 18.7 Å². The van der Waals surface area contributed by atoms with E-state index in [2.05, 4.69) is 11.4 Å². The minimum atomic E-state index is -0.713. The number of nitrogens with zero attached hydrogens (tertiary/aromatic N) is 2. The number of β-amino-alcohol motifs (C(OH)–C–C–N with tert-alkyl or cyclic N) is 1. The Balaban J connectivity index is 1.82. The number of nitriles is 1. The van der Waals surface area contributed by atoms with Gasteiger partial charge >= 0.3 is 0 Å². The van der Waals surface area contributed by atoms with Crippen LogP contribution in [0.15, 0.2) is 0 Å². The molecule has 0 aromatic heterocycles. The van der Waals surface area contributed by atoms with Crippen LogP contribution in [-0.4, -0.2) is 47.2 Å². The fourth-order valence-electron chi connectivity index (χ4n) is 2.37. The Morgan fingerprint density at radius 3 is 2.76 bits per heavy atom. The highest BCUT2D eigenvalue weighted by molar-refractivity contribution is 5.79. The van der Waals surface area contributed by atoms with Crippen LogP contribution in [0.1, 0.15) is 26.2 Å². The summed E-state index contributed by atoms with van der Waals surface area (Å²) in [6, 6.07) is 2.21. The fourth-order valence-corrected chi connectivity index (χ4v) is 2.37. The molecule has 94 valence electrons. The Morgan fingerprint density at radius 2 is 2.29 bits per heavy atom. The molecule has 2 fully saturated rings. The maximum atomic E-state index is 11.8. The van der Waals surface area contributed by atoms with Gasteiger partial charge in [-0.05, 0) is 32.1 Å². The Morgan fingerprint density at radius 1 is 1.59 bits per heavy atom. The number of aliphatic hydroxyl groups is 1. The molecule has 0 radical (unpaired) electrons. The van der Waals surface area contributed by atoms with Crippen molar-refractivity contribution in [2.24, 2.45) is 5.92 Å². The summed E-state index contributed by atoms with van der Waals surface area (Å²) < 4.78 is 0. The molecule has 17 heavy (non-hydrogen) atoms. The minimum absolute atomic E-state index is 0.116. The highest BCUT2D eigenvalue weighted by Crippen LogP contribution is 2.39. The zero-order valence-corrected chi connectivity index (χ0v) is 10.1. The van der Waals surface area contributed by atoms with Crippen LogP contribution in [0.4, 0.5) is 0 Å². The number of hydrogen-bond donors (Lipinski definition) is 2. The predicted molar refractivity (Wildman–Crippen MR) is 61.9 cm³/mol. The number of carbonyl (C=O) groups is 1. The lowest BCUT2D eigenvalue weighted by molar-refractivity contribution is -0.123. The van der Waals surface area contributed by atoms with Crippen molar-refractivity contribution in [3.8, 4) is 6.07 Å². The van der Waals surface area contributed by atoms with E-state index in [1.165, 1.54) is 0 Å². The molecular formula is C12H19N3O2. The number of carbonyl (C=O) groups excluding carboxylic acids is 1. The molecule has 1 aliphatic heterocycles. The lowest BCUT2D eigenvalue weighted by Crippen LogP contribution is -2.50. The van der Waals surface area contributed by atoms with Crippen molar-refractivity contribution in [1.29, 1.82) is 5.26 Å². The number of hydrogen-bond acceptors (Lipinski definition) is 4. The molecule has 1 unspecified atom stereocenters. The summed E-state index contributed by atoms with van der Waals surface area (Å²) in [5.74, 6) is 0.190. The first kappa shape index (κ1) is 12.3. The van der Waals surface area contributed by atoms with E-state index in [0.717, 1.165) is 25.8 Å². The maximum absolute atomic E-state index is 11.8. The molecular weight excluding hydrogens is 218 g/mol. The smallest absolute Gasteiger partial charge is 0.235 e. The van der Waals surface area contributed by atoms with E-state index in [1.807, 2.05) is 4.90 Å². The van der Waals surface area contributed by atoms with E-state index >= 15 is 0 Å². The Hall–Kier alpha value is -1.12. The first-order chi connectivity index (χ1) is 8.03. The largest absolute Gasteiger partial charge is 0.392 e. The Kier molecular flexibility index (Phi) is 3.36. The molecule has 2 atom stereocenters. The van der Waals surface area contributed by atoms with E-state index in [1.54, 1.807) is 6.92 Å². The molecule has 1 aliphatic carbocycles. The van der Waals surface area contributed by atoms with Crippen molar-refractivity contribution in [2.45, 2.75) is 37.8 Å². The zero-order valence-electron chi connectivity index (χ0n) is 10.1. The van der Waals surface area contributed by atoms with Crippen molar-refractivity contribution in [2.75, 3.05) is 19.6 Å². The molecule has 0 aromatic carbocycles. The van der Waals surface area contributed by atoms with Crippen LogP contribution in [0.5, 0.6) is 0 Å². The van der Waals surface area contributed by atoms with Gasteiger partial charge in [0.15, 0.2) is 0 Å². The van der Waals surface area contributed by atoms with Crippen molar-refractivity contribution >= 4 is 5.91 Å². The maximum Gasteiger partial charge on any atom is 0.235 e. The third-order valence-electron chi connectivity index (χ3n) is 3.64. The quantitative estimate of drug-likeness (QED) is 0.713. The first-order valence-electron chi connectivity index (χ1n) is 6.16. The van der Waals surface area contributed by atoms with Crippen molar-refractivity contribution in [3.05, 3.63) is 0 Å². The summed E-state index contributed by atoms with van der Waals surface area (Å²) in [5.41, 5.74) is -0.713. The second-order valence-electron chi connectivity index (χ2n) is 5.31. The topological polar surface area (TPSA) is 76.4 Å². The fraction of sp³-hybridized carbons (Fsp3) is 0.833. The number of rotatable bonds is 4. The average Bonchev–Trinajstić information content (AvgIpc) is 3.04. The SMILES string of the molecule is CC(C#N)(NC(=O)CN1CC[C@H](O)C1)C1CC1. The average molecular weight is 237 g/mol. The van der Waals surface area contributed by atoms with Crippen molar-refractivity contribution in [1.82, 2.24) is 10.2 Å². The molecule has 2 rings (SSSR count). The van der Waals surface area contributed by atoms with Gasteiger partial charge < -0.3 is 10.4 Å². The first-order valence-corrected chi connectivity index (χ1v) is 6.16. The molecule has 1 amide bonds. The van der Waals surface area contributed by atoms with Gasteiger partial charge in [0.25, 0.3) is 0 Å². The minimum Gasteiger partial charge on any atom is -0.392 e. The lowest BCUT2D eigenvalue weighted by Gasteiger charge is -2.24. The van der Waals surface area contributed by atoms with Gasteiger partial charge in [0.1, 0.15) is 5.54 Å². The number of nitrogens with one attached hydrogen (secondary N) is 1. The molecule has 5 nitrogen and oxygen atoms in total. The van der Waals surface area contributed by atoms with E-state index < -0.39 is 5.54 Å². The van der Waals surface area contributed by atoms with Gasteiger partial charge in [-0.15, -0.1) is 0 Å². The molecule has 0 spiro atoms. The van der Waals surface area contributed by atoms with Gasteiger partial charge in [0, 0.05) is 13.1 Å². The molecule has 2 aliphatic rings. The van der Waals surface area contributed by atoms with Crippen LogP contribution in [0.25, 0.3) is 0 Å². The summed E-state index contributed by atoms with van der Waals surface area (Å²) in [4.78, 5) is 13.7. The third kappa shape index (κ3) is 2.96. The zero-order chi connectivity index (χ0) is 12.5. The van der Waals surface area contributed by atoms with E-state index in [-0.39, 0.29) is 18.6 Å². The highest BCUT2D eigenvalue weighted by Gasteiger charge is 2.43. The van der Waals surface area contributed by atoms with Gasteiger partial charge in [-0.25, -0.2) is 0 Å². The summed E-state index contributed by atoms with van der Waals surface area (Å²) in [6.07, 6.45) is 2.46. The van der Waals surface area contributed by atoms with Crippen molar-refractivity contribution < 1.29 is 9.90 Å². The molecule has 1 saturated carbocycles. The summed E-state index contributed by atoms with van der Waals surface area (Å²) >= 11 is 0. The predicted octanol–water partition coefficient (Wildman–Crippen LogP) is -0.139. The van der Waals surface area contributed by atoms with Gasteiger partial charge in [-0.1, -0.05) is 0 Å². The van der Waals surface area contributed by atoms with Crippen LogP contribution in [0, 0.1) is 17.2 Å². The molecule has 2 N–H and O–H groups in total. The molecule has 1 heterocycles. The summed E-state index contributed by atoms with van der Waals surface area (Å²) in [7, 11) is 0. The van der Waals surface area contributed by atoms with Crippen molar-refractivity contribution in [3.63, 3.8) is 0 Å². The molecule has 5 heteroatoms. The van der Waals surface area contributed by atoms with Crippen LogP contribution in [-0.2, 0) is 4.79 Å². The second-order valence-corrected chi connectivity index (χ2v) is 5.31. The Bertz CT molecular complexity index is 348. The van der Waals surface area contributed by atoms with Gasteiger partial charge in [-0.3, -0.25) is 9.69 Å². The highest BCUT2D eigenvalue weighted by atomic mass is 16.3. The van der Waals surface area contributed by atoms with Gasteiger partial charge in [0.2, 0.25) is 5.91 Å². The molecule has 0 aromatic rings. The monoisotopic (exact) mass is 237 g/mol. The normalized spacial score (nSPS) is 28.4. The summed E-state index contributed by atoms with van der Waals surface area (Å²) in [5, 5.41) is 21.3.